The third-order valence-electron chi connectivity index (χ3n) is 4.21. The molecule has 3 rings (SSSR count). The van der Waals surface area contributed by atoms with Gasteiger partial charge in [-0.2, -0.15) is 0 Å². The monoisotopic (exact) mass is 268 g/mol. The van der Waals surface area contributed by atoms with Crippen LogP contribution in [0.3, 0.4) is 0 Å². The second kappa shape index (κ2) is 5.20. The van der Waals surface area contributed by atoms with Gasteiger partial charge in [0.05, 0.1) is 0 Å². The van der Waals surface area contributed by atoms with Gasteiger partial charge in [-0.15, -0.1) is 0 Å². The molecule has 2 aromatic rings. The first-order chi connectivity index (χ1) is 9.70. The SMILES string of the molecule is CCCCCC1c2ccc(O)cc2-c2cc(O)ccc21. The Balaban J connectivity index is 2.05. The van der Waals surface area contributed by atoms with Gasteiger partial charge >= 0.3 is 0 Å². The summed E-state index contributed by atoms with van der Waals surface area (Å²) in [4.78, 5) is 0. The van der Waals surface area contributed by atoms with Crippen molar-refractivity contribution in [3.63, 3.8) is 0 Å². The summed E-state index contributed by atoms with van der Waals surface area (Å²) in [5, 5.41) is 19.5. The van der Waals surface area contributed by atoms with Gasteiger partial charge in [0, 0.05) is 5.92 Å². The molecule has 2 N–H and O–H groups in total. The van der Waals surface area contributed by atoms with Crippen molar-refractivity contribution >= 4 is 0 Å². The zero-order valence-electron chi connectivity index (χ0n) is 11.8. The van der Waals surface area contributed by atoms with Gasteiger partial charge in [0.1, 0.15) is 11.5 Å². The Kier molecular flexibility index (Phi) is 3.39. The average molecular weight is 268 g/mol. The normalized spacial score (nSPS) is 13.2. The molecular formula is C18H20O2. The summed E-state index contributed by atoms with van der Waals surface area (Å²) in [5.41, 5.74) is 4.69. The quantitative estimate of drug-likeness (QED) is 0.783. The molecule has 0 saturated carbocycles. The van der Waals surface area contributed by atoms with Crippen LogP contribution in [0.15, 0.2) is 36.4 Å². The molecule has 0 bridgehead atoms. The average Bonchev–Trinajstić information content (AvgIpc) is 2.72. The van der Waals surface area contributed by atoms with Gasteiger partial charge in [-0.25, -0.2) is 0 Å². The molecule has 0 radical (unpaired) electrons. The summed E-state index contributed by atoms with van der Waals surface area (Å²) in [6.07, 6.45) is 4.81. The molecule has 0 saturated heterocycles. The molecule has 0 aromatic heterocycles. The lowest BCUT2D eigenvalue weighted by atomic mass is 9.91. The summed E-state index contributed by atoms with van der Waals surface area (Å²) < 4.78 is 0. The minimum Gasteiger partial charge on any atom is -0.508 e. The van der Waals surface area contributed by atoms with Gasteiger partial charge in [-0.1, -0.05) is 38.3 Å². The largest absolute Gasteiger partial charge is 0.508 e. The number of phenols is 2. The third-order valence-corrected chi connectivity index (χ3v) is 4.21. The van der Waals surface area contributed by atoms with Crippen LogP contribution in [0, 0.1) is 0 Å². The van der Waals surface area contributed by atoms with Crippen molar-refractivity contribution in [1.82, 2.24) is 0 Å². The highest BCUT2D eigenvalue weighted by atomic mass is 16.3. The van der Waals surface area contributed by atoms with Crippen LogP contribution in [0.25, 0.3) is 11.1 Å². The minimum absolute atomic E-state index is 0.284. The number of unbranched alkanes of at least 4 members (excludes halogenated alkanes) is 2. The van der Waals surface area contributed by atoms with Crippen LogP contribution < -0.4 is 0 Å². The third kappa shape index (κ3) is 2.15. The highest BCUT2D eigenvalue weighted by Gasteiger charge is 2.28. The summed E-state index contributed by atoms with van der Waals surface area (Å²) in [7, 11) is 0. The molecule has 0 atom stereocenters. The summed E-state index contributed by atoms with van der Waals surface area (Å²) in [6, 6.07) is 11.2. The van der Waals surface area contributed by atoms with E-state index in [1.807, 2.05) is 24.3 Å². The van der Waals surface area contributed by atoms with Gasteiger partial charge in [0.2, 0.25) is 0 Å². The Morgan fingerprint density at radius 1 is 0.850 bits per heavy atom. The summed E-state index contributed by atoms with van der Waals surface area (Å²) in [6.45, 7) is 2.21. The van der Waals surface area contributed by atoms with E-state index in [4.69, 9.17) is 0 Å². The molecule has 0 unspecified atom stereocenters. The van der Waals surface area contributed by atoms with Gasteiger partial charge in [-0.05, 0) is 52.9 Å². The van der Waals surface area contributed by atoms with Gasteiger partial charge in [0.25, 0.3) is 0 Å². The van der Waals surface area contributed by atoms with Crippen LogP contribution in [-0.2, 0) is 0 Å². The lowest BCUT2D eigenvalue weighted by molar-refractivity contribution is 0.474. The summed E-state index contributed by atoms with van der Waals surface area (Å²) >= 11 is 0. The second-order valence-electron chi connectivity index (χ2n) is 5.59. The van der Waals surface area contributed by atoms with Crippen LogP contribution in [0.4, 0.5) is 0 Å². The molecule has 0 heterocycles. The maximum Gasteiger partial charge on any atom is 0.116 e. The molecule has 0 spiro atoms. The lowest BCUT2D eigenvalue weighted by Crippen LogP contribution is -1.96. The highest BCUT2D eigenvalue weighted by molar-refractivity contribution is 5.80. The Labute approximate surface area is 119 Å². The van der Waals surface area contributed by atoms with E-state index >= 15 is 0 Å². The molecular weight excluding hydrogens is 248 g/mol. The lowest BCUT2D eigenvalue weighted by Gasteiger charge is -2.13. The first kappa shape index (κ1) is 13.0. The zero-order chi connectivity index (χ0) is 14.1. The standard InChI is InChI=1S/C18H20O2/c1-2-3-4-5-14-15-8-6-12(19)10-17(15)18-11-13(20)7-9-16(14)18/h6-11,14,19-20H,2-5H2,1H3. The van der Waals surface area contributed by atoms with E-state index in [-0.39, 0.29) is 11.5 Å². The maximum absolute atomic E-state index is 9.73. The number of fused-ring (bicyclic) bond motifs is 3. The predicted molar refractivity (Wildman–Crippen MR) is 81.2 cm³/mol. The first-order valence-electron chi connectivity index (χ1n) is 7.37. The van der Waals surface area contributed by atoms with Crippen molar-refractivity contribution in [2.45, 2.75) is 38.5 Å². The van der Waals surface area contributed by atoms with E-state index in [0.717, 1.165) is 17.5 Å². The van der Waals surface area contributed by atoms with E-state index in [0.29, 0.717) is 5.92 Å². The molecule has 104 valence electrons. The van der Waals surface area contributed by atoms with Crippen LogP contribution in [0.1, 0.15) is 49.7 Å². The number of hydrogen-bond acceptors (Lipinski definition) is 2. The smallest absolute Gasteiger partial charge is 0.116 e. The number of aromatic hydroxyl groups is 2. The van der Waals surface area contributed by atoms with Crippen LogP contribution in [0.2, 0.25) is 0 Å². The molecule has 1 aliphatic rings. The predicted octanol–water partition coefficient (Wildman–Crippen LogP) is 4.79. The van der Waals surface area contributed by atoms with Gasteiger partial charge < -0.3 is 10.2 Å². The van der Waals surface area contributed by atoms with Crippen LogP contribution in [0.5, 0.6) is 11.5 Å². The van der Waals surface area contributed by atoms with Crippen molar-refractivity contribution in [3.8, 4) is 22.6 Å². The molecule has 2 heteroatoms. The van der Waals surface area contributed by atoms with E-state index in [1.54, 1.807) is 12.1 Å². The Hall–Kier alpha value is -1.96. The van der Waals surface area contributed by atoms with Gasteiger partial charge in [-0.3, -0.25) is 0 Å². The zero-order valence-corrected chi connectivity index (χ0v) is 11.8. The highest BCUT2D eigenvalue weighted by Crippen LogP contribution is 2.48. The minimum atomic E-state index is 0.284. The van der Waals surface area contributed by atoms with Crippen molar-refractivity contribution in [3.05, 3.63) is 47.5 Å². The van der Waals surface area contributed by atoms with E-state index in [9.17, 15) is 10.2 Å². The maximum atomic E-state index is 9.73. The number of phenolic OH excluding ortho intramolecular Hbond substituents is 2. The molecule has 2 aromatic carbocycles. The number of benzene rings is 2. The van der Waals surface area contributed by atoms with Crippen molar-refractivity contribution in [1.29, 1.82) is 0 Å². The fraction of sp³-hybridized carbons (Fsp3) is 0.333. The fourth-order valence-corrected chi connectivity index (χ4v) is 3.24. The molecule has 20 heavy (non-hydrogen) atoms. The molecule has 2 nitrogen and oxygen atoms in total. The Bertz CT molecular complexity index is 580. The fourth-order valence-electron chi connectivity index (χ4n) is 3.24. The second-order valence-corrected chi connectivity index (χ2v) is 5.59. The van der Waals surface area contributed by atoms with Gasteiger partial charge in [0.15, 0.2) is 0 Å². The van der Waals surface area contributed by atoms with Crippen molar-refractivity contribution < 1.29 is 10.2 Å². The first-order valence-corrected chi connectivity index (χ1v) is 7.37. The van der Waals surface area contributed by atoms with Crippen LogP contribution in [-0.4, -0.2) is 10.2 Å². The molecule has 1 aliphatic carbocycles. The topological polar surface area (TPSA) is 40.5 Å². The van der Waals surface area contributed by atoms with E-state index < -0.39 is 0 Å². The summed E-state index contributed by atoms with van der Waals surface area (Å²) in [5.74, 6) is 0.965. The van der Waals surface area contributed by atoms with Crippen molar-refractivity contribution in [2.75, 3.05) is 0 Å². The van der Waals surface area contributed by atoms with E-state index in [1.165, 1.54) is 30.4 Å². The Morgan fingerprint density at radius 3 is 1.90 bits per heavy atom. The van der Waals surface area contributed by atoms with Crippen LogP contribution >= 0.6 is 0 Å². The van der Waals surface area contributed by atoms with Crippen molar-refractivity contribution in [2.24, 2.45) is 0 Å². The molecule has 0 fully saturated rings. The molecule has 0 amide bonds. The van der Waals surface area contributed by atoms with E-state index in [2.05, 4.69) is 6.92 Å². The number of hydrogen-bond donors (Lipinski definition) is 2. The Morgan fingerprint density at radius 2 is 1.40 bits per heavy atom. The number of rotatable bonds is 4. The molecule has 0 aliphatic heterocycles.